The molecule has 1 saturated heterocycles. The summed E-state index contributed by atoms with van der Waals surface area (Å²) in [6.45, 7) is 3.73. The summed E-state index contributed by atoms with van der Waals surface area (Å²) >= 11 is 7.01. The largest absolute Gasteiger partial charge is 0.495 e. The van der Waals surface area contributed by atoms with Gasteiger partial charge in [0.1, 0.15) is 9.96 Å². The molecule has 0 unspecified atom stereocenters. The van der Waals surface area contributed by atoms with Crippen LogP contribution in [0.15, 0.2) is 45.6 Å². The minimum atomic E-state index is -3.63. The smallest absolute Gasteiger partial charge is 0.276 e. The molecule has 3 heterocycles. The van der Waals surface area contributed by atoms with E-state index < -0.39 is 10.0 Å². The molecule has 0 spiro atoms. The van der Waals surface area contributed by atoms with Crippen LogP contribution in [0.25, 0.3) is 0 Å². The van der Waals surface area contributed by atoms with E-state index in [1.54, 1.807) is 19.2 Å². The van der Waals surface area contributed by atoms with E-state index in [-0.39, 0.29) is 4.21 Å². The van der Waals surface area contributed by atoms with E-state index in [2.05, 4.69) is 9.89 Å². The maximum atomic E-state index is 13.0. The second-order valence-corrected chi connectivity index (χ2v) is 10.3. The monoisotopic (exact) mass is 440 g/mol. The van der Waals surface area contributed by atoms with Crippen molar-refractivity contribution in [2.45, 2.75) is 4.21 Å². The van der Waals surface area contributed by atoms with Crippen LogP contribution in [0.5, 0.6) is 5.75 Å². The van der Waals surface area contributed by atoms with Crippen molar-refractivity contribution in [1.82, 2.24) is 9.21 Å². The number of rotatable bonds is 4. The van der Waals surface area contributed by atoms with Gasteiger partial charge in [-0.2, -0.15) is 0 Å². The van der Waals surface area contributed by atoms with E-state index in [0.717, 1.165) is 35.9 Å². The van der Waals surface area contributed by atoms with Gasteiger partial charge in [-0.05, 0) is 24.3 Å². The number of benzene rings is 1. The summed E-state index contributed by atoms with van der Waals surface area (Å²) in [4.78, 5) is 8.79. The van der Waals surface area contributed by atoms with Crippen LogP contribution in [0, 0.1) is 0 Å². The topological polar surface area (TPSA) is 65.5 Å². The van der Waals surface area contributed by atoms with Crippen LogP contribution < -0.4 is 9.64 Å². The highest BCUT2D eigenvalue weighted by atomic mass is 35.5. The van der Waals surface area contributed by atoms with Gasteiger partial charge in [0.05, 0.1) is 30.2 Å². The lowest BCUT2D eigenvalue weighted by Crippen LogP contribution is -2.53. The summed E-state index contributed by atoms with van der Waals surface area (Å²) in [5.41, 5.74) is 1.05. The van der Waals surface area contributed by atoms with E-state index in [1.807, 2.05) is 29.2 Å². The number of aliphatic imine (C=N–C) groups is 1. The summed E-state index contributed by atoms with van der Waals surface area (Å²) in [5.74, 6) is 1.37. The van der Waals surface area contributed by atoms with Crippen molar-refractivity contribution in [1.29, 1.82) is 0 Å². The Morgan fingerprint density at radius 3 is 2.43 bits per heavy atom. The van der Waals surface area contributed by atoms with Gasteiger partial charge in [0, 0.05) is 26.2 Å². The lowest BCUT2D eigenvalue weighted by molar-refractivity contribution is 0.354. The van der Waals surface area contributed by atoms with Crippen molar-refractivity contribution in [3.05, 3.63) is 40.7 Å². The number of hydrogen-bond donors (Lipinski definition) is 0. The third-order valence-corrected chi connectivity index (χ3v) is 8.34. The fourth-order valence-electron chi connectivity index (χ4n) is 3.49. The fraction of sp³-hybridized carbons (Fsp3) is 0.389. The molecule has 0 aliphatic carbocycles. The third-order valence-electron chi connectivity index (χ3n) is 4.86. The van der Waals surface area contributed by atoms with Gasteiger partial charge in [-0.3, -0.25) is 4.99 Å². The second kappa shape index (κ2) is 7.81. The molecule has 0 bridgehead atoms. The van der Waals surface area contributed by atoms with Crippen LogP contribution >= 0.6 is 22.9 Å². The lowest BCUT2D eigenvalue weighted by atomic mass is 10.2. The standard InChI is InChI=1S/C18H21ClN4O3S2/c1-26-15-5-3-2-4-14(15)21-10-12-22(13-11-21)18-20-8-9-23(18)28(24,25)17-7-6-16(19)27-17/h2-7H,8-13H2,1H3. The number of methoxy groups -OCH3 is 1. The van der Waals surface area contributed by atoms with Gasteiger partial charge in [-0.1, -0.05) is 23.7 Å². The molecular weight excluding hydrogens is 420 g/mol. The molecule has 0 N–H and O–H groups in total. The molecule has 2 aliphatic rings. The van der Waals surface area contributed by atoms with Gasteiger partial charge in [0.2, 0.25) is 5.96 Å². The fourth-order valence-corrected chi connectivity index (χ4v) is 6.53. The molecule has 4 rings (SSSR count). The molecule has 28 heavy (non-hydrogen) atoms. The van der Waals surface area contributed by atoms with Crippen molar-refractivity contribution >= 4 is 44.6 Å². The number of nitrogens with zero attached hydrogens (tertiary/aromatic N) is 4. The average molecular weight is 441 g/mol. The quantitative estimate of drug-likeness (QED) is 0.731. The zero-order chi connectivity index (χ0) is 19.7. The SMILES string of the molecule is COc1ccccc1N1CCN(C2=NCCN2S(=O)(=O)c2ccc(Cl)s2)CC1. The van der Waals surface area contributed by atoms with E-state index in [9.17, 15) is 8.42 Å². The molecule has 1 aromatic heterocycles. The minimum absolute atomic E-state index is 0.250. The number of para-hydroxylation sites is 2. The van der Waals surface area contributed by atoms with Gasteiger partial charge in [0.25, 0.3) is 10.0 Å². The predicted molar refractivity (Wildman–Crippen MR) is 112 cm³/mol. The van der Waals surface area contributed by atoms with E-state index in [0.29, 0.717) is 36.5 Å². The van der Waals surface area contributed by atoms with Gasteiger partial charge in [-0.15, -0.1) is 11.3 Å². The molecule has 0 radical (unpaired) electrons. The highest BCUT2D eigenvalue weighted by Gasteiger charge is 2.36. The summed E-state index contributed by atoms with van der Waals surface area (Å²) in [6.07, 6.45) is 0. The molecule has 1 fully saturated rings. The Morgan fingerprint density at radius 2 is 1.75 bits per heavy atom. The molecule has 2 aliphatic heterocycles. The molecule has 7 nitrogen and oxygen atoms in total. The Balaban J connectivity index is 1.48. The molecule has 0 saturated carbocycles. The van der Waals surface area contributed by atoms with E-state index in [4.69, 9.17) is 16.3 Å². The highest BCUT2D eigenvalue weighted by Crippen LogP contribution is 2.31. The molecule has 2 aromatic rings. The Kier molecular flexibility index (Phi) is 5.39. The molecule has 0 amide bonds. The first kappa shape index (κ1) is 19.4. The number of anilines is 1. The van der Waals surface area contributed by atoms with Crippen LogP contribution in [0.1, 0.15) is 0 Å². The van der Waals surface area contributed by atoms with Gasteiger partial charge < -0.3 is 14.5 Å². The van der Waals surface area contributed by atoms with Crippen molar-refractivity contribution in [3.63, 3.8) is 0 Å². The second-order valence-electron chi connectivity index (χ2n) is 6.46. The highest BCUT2D eigenvalue weighted by molar-refractivity contribution is 7.91. The summed E-state index contributed by atoms with van der Waals surface area (Å²) < 4.78 is 33.6. The Bertz CT molecular complexity index is 984. The normalized spacial score (nSPS) is 17.8. The number of guanidine groups is 1. The molecular formula is C18H21ClN4O3S2. The first-order valence-electron chi connectivity index (χ1n) is 8.96. The Labute approximate surface area is 173 Å². The number of ether oxygens (including phenoxy) is 1. The van der Waals surface area contributed by atoms with E-state index >= 15 is 0 Å². The van der Waals surface area contributed by atoms with Crippen LogP contribution in [-0.4, -0.2) is 70.0 Å². The van der Waals surface area contributed by atoms with Gasteiger partial charge in [-0.25, -0.2) is 12.7 Å². The Hall–Kier alpha value is -1.97. The van der Waals surface area contributed by atoms with Crippen LogP contribution in [0.3, 0.4) is 0 Å². The molecule has 1 aromatic carbocycles. The Morgan fingerprint density at radius 1 is 1.04 bits per heavy atom. The molecule has 10 heteroatoms. The van der Waals surface area contributed by atoms with Crippen LogP contribution in [-0.2, 0) is 10.0 Å². The lowest BCUT2D eigenvalue weighted by Gasteiger charge is -2.39. The number of hydrogen-bond acceptors (Lipinski definition) is 7. The molecule has 0 atom stereocenters. The summed E-state index contributed by atoms with van der Waals surface area (Å²) in [7, 11) is -1.96. The predicted octanol–water partition coefficient (Wildman–Crippen LogP) is 2.59. The van der Waals surface area contributed by atoms with Gasteiger partial charge >= 0.3 is 0 Å². The molecule has 150 valence electrons. The van der Waals surface area contributed by atoms with Crippen molar-refractivity contribution in [3.8, 4) is 5.75 Å². The van der Waals surface area contributed by atoms with Crippen molar-refractivity contribution in [2.75, 3.05) is 51.3 Å². The number of piperazine rings is 1. The van der Waals surface area contributed by atoms with Crippen LogP contribution in [0.4, 0.5) is 5.69 Å². The number of thiophene rings is 1. The number of sulfonamides is 1. The first-order valence-corrected chi connectivity index (χ1v) is 11.6. The van der Waals surface area contributed by atoms with Crippen molar-refractivity contribution < 1.29 is 13.2 Å². The third kappa shape index (κ3) is 3.54. The number of halogens is 1. The maximum Gasteiger partial charge on any atom is 0.276 e. The van der Waals surface area contributed by atoms with Gasteiger partial charge in [0.15, 0.2) is 0 Å². The average Bonchev–Trinajstić information content (AvgIpc) is 3.38. The summed E-state index contributed by atoms with van der Waals surface area (Å²) in [6, 6.07) is 11.1. The van der Waals surface area contributed by atoms with E-state index in [1.165, 1.54) is 4.31 Å². The zero-order valence-electron chi connectivity index (χ0n) is 15.4. The minimum Gasteiger partial charge on any atom is -0.495 e. The van der Waals surface area contributed by atoms with Crippen molar-refractivity contribution in [2.24, 2.45) is 4.99 Å². The first-order chi connectivity index (χ1) is 13.5. The maximum absolute atomic E-state index is 13.0. The summed E-state index contributed by atoms with van der Waals surface area (Å²) in [5, 5.41) is 0. The van der Waals surface area contributed by atoms with Crippen LogP contribution in [0.2, 0.25) is 4.34 Å². The zero-order valence-corrected chi connectivity index (χ0v) is 17.8.